The zero-order valence-corrected chi connectivity index (χ0v) is 20.8. The van der Waals surface area contributed by atoms with Crippen LogP contribution in [0.3, 0.4) is 0 Å². The topological polar surface area (TPSA) is 86.8 Å². The first-order valence-corrected chi connectivity index (χ1v) is 12.2. The first-order valence-electron chi connectivity index (χ1n) is 11.8. The number of aromatic nitrogens is 1. The molecule has 0 radical (unpaired) electrons. The van der Waals surface area contributed by atoms with Crippen molar-refractivity contribution in [2.45, 2.75) is 31.6 Å². The quantitative estimate of drug-likeness (QED) is 0.392. The van der Waals surface area contributed by atoms with Gasteiger partial charge in [-0.3, -0.25) is 9.69 Å². The van der Waals surface area contributed by atoms with Gasteiger partial charge in [0, 0.05) is 41.5 Å². The molecular formula is C29H24ClFN2O4. The summed E-state index contributed by atoms with van der Waals surface area (Å²) in [5, 5.41) is 21.2. The molecule has 1 fully saturated rings. The van der Waals surface area contributed by atoms with Gasteiger partial charge in [0.05, 0.1) is 23.6 Å². The molecule has 37 heavy (non-hydrogen) atoms. The van der Waals surface area contributed by atoms with E-state index in [-0.39, 0.29) is 17.7 Å². The maximum atomic E-state index is 14.6. The van der Waals surface area contributed by atoms with Crippen molar-refractivity contribution in [3.63, 3.8) is 0 Å². The lowest BCUT2D eigenvalue weighted by molar-refractivity contribution is -0.109. The van der Waals surface area contributed by atoms with Crippen LogP contribution in [0.4, 0.5) is 4.39 Å². The molecule has 8 heteroatoms. The third-order valence-corrected chi connectivity index (χ3v) is 6.84. The van der Waals surface area contributed by atoms with Gasteiger partial charge in [-0.2, -0.15) is 0 Å². The average Bonchev–Trinajstić information content (AvgIpc) is 2.86. The summed E-state index contributed by atoms with van der Waals surface area (Å²) in [6, 6.07) is 14.8. The Morgan fingerprint density at radius 3 is 2.68 bits per heavy atom. The van der Waals surface area contributed by atoms with Gasteiger partial charge in [0.25, 0.3) is 0 Å². The first-order chi connectivity index (χ1) is 17.7. The van der Waals surface area contributed by atoms with E-state index in [4.69, 9.17) is 16.0 Å². The van der Waals surface area contributed by atoms with Crippen LogP contribution in [0.2, 0.25) is 5.02 Å². The molecule has 6 nitrogen and oxygen atoms in total. The SMILES string of the molecule is C[C@]1(O)CCN(Cc2cc(=O)c3cc(C#Cc4ncc(-c5ccc(Cl)cc5)cc4F)ccc3o2)C[C@H]1O. The highest BCUT2D eigenvalue weighted by molar-refractivity contribution is 6.30. The summed E-state index contributed by atoms with van der Waals surface area (Å²) in [5.74, 6) is 5.53. The third-order valence-electron chi connectivity index (χ3n) is 6.58. The van der Waals surface area contributed by atoms with Crippen LogP contribution in [0.25, 0.3) is 22.1 Å². The van der Waals surface area contributed by atoms with Gasteiger partial charge in [0.2, 0.25) is 0 Å². The number of pyridine rings is 1. The number of β-amino-alcohol motifs (C(OH)–C–C–N with tert-alkyl or cyclic N) is 1. The molecule has 5 rings (SSSR count). The highest BCUT2D eigenvalue weighted by Gasteiger charge is 2.36. The normalized spacial score (nSPS) is 20.0. The summed E-state index contributed by atoms with van der Waals surface area (Å²) >= 11 is 5.91. The molecule has 1 aliphatic rings. The standard InChI is InChI=1S/C29H24ClFN2O4/c1-29(36)10-11-33(17-28(29)35)16-22-14-26(34)23-12-18(3-9-27(23)37-22)2-8-25-24(31)13-20(15-32-25)19-4-6-21(30)7-5-19/h3-7,9,12-15,28,35-36H,10-11,16-17H2,1H3/t28-,29+/m1/s1. The number of nitrogens with zero attached hydrogens (tertiary/aromatic N) is 2. The number of benzene rings is 2. The number of fused-ring (bicyclic) bond motifs is 1. The Morgan fingerprint density at radius 1 is 1.16 bits per heavy atom. The molecule has 2 aromatic heterocycles. The lowest BCUT2D eigenvalue weighted by Crippen LogP contribution is -2.53. The van der Waals surface area contributed by atoms with E-state index in [2.05, 4.69) is 16.8 Å². The fourth-order valence-corrected chi connectivity index (χ4v) is 4.40. The Morgan fingerprint density at radius 2 is 1.95 bits per heavy atom. The van der Waals surface area contributed by atoms with Gasteiger partial charge < -0.3 is 14.6 Å². The second-order valence-electron chi connectivity index (χ2n) is 9.46. The molecule has 0 amide bonds. The smallest absolute Gasteiger partial charge is 0.193 e. The maximum Gasteiger partial charge on any atom is 0.193 e. The summed E-state index contributed by atoms with van der Waals surface area (Å²) < 4.78 is 20.6. The molecule has 2 atom stereocenters. The molecule has 2 N–H and O–H groups in total. The Labute approximate surface area is 218 Å². The Balaban J connectivity index is 1.34. The number of aliphatic hydroxyl groups is 2. The van der Waals surface area contributed by atoms with Crippen molar-refractivity contribution >= 4 is 22.6 Å². The summed E-state index contributed by atoms with van der Waals surface area (Å²) in [7, 11) is 0. The van der Waals surface area contributed by atoms with Crippen LogP contribution in [-0.4, -0.2) is 44.9 Å². The summed E-state index contributed by atoms with van der Waals surface area (Å²) in [5.41, 5.74) is 1.01. The van der Waals surface area contributed by atoms with Gasteiger partial charge in [0.1, 0.15) is 17.0 Å². The van der Waals surface area contributed by atoms with E-state index < -0.39 is 17.5 Å². The number of piperidine rings is 1. The minimum absolute atomic E-state index is 0.00268. The Hall–Kier alpha value is -3.54. The van der Waals surface area contributed by atoms with Crippen molar-refractivity contribution in [2.75, 3.05) is 13.1 Å². The fourth-order valence-electron chi connectivity index (χ4n) is 4.27. The van der Waals surface area contributed by atoms with Crippen LogP contribution < -0.4 is 5.43 Å². The van der Waals surface area contributed by atoms with E-state index in [0.29, 0.717) is 52.4 Å². The molecule has 0 bridgehead atoms. The molecular weight excluding hydrogens is 495 g/mol. The van der Waals surface area contributed by atoms with Crippen LogP contribution in [0.1, 0.15) is 30.4 Å². The van der Waals surface area contributed by atoms with Crippen LogP contribution >= 0.6 is 11.6 Å². The molecule has 1 saturated heterocycles. The van der Waals surface area contributed by atoms with Crippen molar-refractivity contribution in [3.8, 4) is 23.0 Å². The van der Waals surface area contributed by atoms with Crippen LogP contribution in [-0.2, 0) is 6.54 Å². The van der Waals surface area contributed by atoms with Gasteiger partial charge in [-0.25, -0.2) is 9.37 Å². The zero-order chi connectivity index (χ0) is 26.2. The molecule has 2 aromatic carbocycles. The maximum absolute atomic E-state index is 14.6. The van der Waals surface area contributed by atoms with Gasteiger partial charge in [0.15, 0.2) is 11.2 Å². The highest BCUT2D eigenvalue weighted by Crippen LogP contribution is 2.24. The van der Waals surface area contributed by atoms with E-state index >= 15 is 0 Å². The summed E-state index contributed by atoms with van der Waals surface area (Å²) in [6.45, 7) is 2.82. The first kappa shape index (κ1) is 25.1. The van der Waals surface area contributed by atoms with Crippen LogP contribution in [0, 0.1) is 17.7 Å². The number of likely N-dealkylation sites (tertiary alicyclic amines) is 1. The van der Waals surface area contributed by atoms with Gasteiger partial charge in [-0.1, -0.05) is 29.7 Å². The Bertz CT molecular complexity index is 1590. The van der Waals surface area contributed by atoms with E-state index in [0.717, 1.165) is 5.56 Å². The van der Waals surface area contributed by atoms with Gasteiger partial charge in [-0.05, 0) is 61.2 Å². The zero-order valence-electron chi connectivity index (χ0n) is 20.0. The molecule has 4 aromatic rings. The van der Waals surface area contributed by atoms with Gasteiger partial charge >= 0.3 is 0 Å². The molecule has 0 spiro atoms. The largest absolute Gasteiger partial charge is 0.459 e. The van der Waals surface area contributed by atoms with Crippen molar-refractivity contribution in [1.82, 2.24) is 9.88 Å². The monoisotopic (exact) mass is 518 g/mol. The molecule has 188 valence electrons. The van der Waals surface area contributed by atoms with E-state index in [1.807, 2.05) is 4.90 Å². The highest BCUT2D eigenvalue weighted by atomic mass is 35.5. The van der Waals surface area contributed by atoms with E-state index in [1.165, 1.54) is 12.1 Å². The van der Waals surface area contributed by atoms with Crippen molar-refractivity contribution in [3.05, 3.63) is 98.9 Å². The molecule has 0 unspecified atom stereocenters. The van der Waals surface area contributed by atoms with Gasteiger partial charge in [-0.15, -0.1) is 0 Å². The minimum Gasteiger partial charge on any atom is -0.459 e. The number of aliphatic hydroxyl groups excluding tert-OH is 1. The summed E-state index contributed by atoms with van der Waals surface area (Å²) in [4.78, 5) is 18.9. The molecule has 3 heterocycles. The predicted octanol–water partition coefficient (Wildman–Crippen LogP) is 4.36. The molecule has 1 aliphatic heterocycles. The second-order valence-corrected chi connectivity index (χ2v) is 9.89. The van der Waals surface area contributed by atoms with Crippen LogP contribution in [0.15, 0.2) is 70.0 Å². The Kier molecular flexibility index (Phi) is 6.84. The number of hydrogen-bond donors (Lipinski definition) is 2. The minimum atomic E-state index is -1.12. The van der Waals surface area contributed by atoms with E-state index in [1.54, 1.807) is 55.6 Å². The van der Waals surface area contributed by atoms with E-state index in [9.17, 15) is 19.4 Å². The number of rotatable bonds is 3. The third kappa shape index (κ3) is 5.58. The molecule has 0 saturated carbocycles. The summed E-state index contributed by atoms with van der Waals surface area (Å²) in [6.07, 6.45) is 1.10. The van der Waals surface area contributed by atoms with Crippen LogP contribution in [0.5, 0.6) is 0 Å². The van der Waals surface area contributed by atoms with Crippen molar-refractivity contribution in [2.24, 2.45) is 0 Å². The number of hydrogen-bond acceptors (Lipinski definition) is 6. The second kappa shape index (κ2) is 10.1. The predicted molar refractivity (Wildman–Crippen MR) is 140 cm³/mol. The lowest BCUT2D eigenvalue weighted by Gasteiger charge is -2.39. The average molecular weight is 519 g/mol. The number of halogens is 2. The lowest BCUT2D eigenvalue weighted by atomic mass is 9.91. The van der Waals surface area contributed by atoms with Crippen molar-refractivity contribution < 1.29 is 19.0 Å². The van der Waals surface area contributed by atoms with Crippen molar-refractivity contribution in [1.29, 1.82) is 0 Å². The fraction of sp³-hybridized carbons (Fsp3) is 0.241. The molecule has 0 aliphatic carbocycles.